The predicted molar refractivity (Wildman–Crippen MR) is 81.7 cm³/mol. The first-order chi connectivity index (χ1) is 11.0. The van der Waals surface area contributed by atoms with Crippen LogP contribution < -0.4 is 5.32 Å². The highest BCUT2D eigenvalue weighted by Gasteiger charge is 2.43. The predicted octanol–water partition coefficient (Wildman–Crippen LogP) is 0.261. The van der Waals surface area contributed by atoms with Crippen LogP contribution in [0.4, 0.5) is 0 Å². The Kier molecular flexibility index (Phi) is 4.11. The molecule has 2 aliphatic rings. The van der Waals surface area contributed by atoms with Crippen molar-refractivity contribution in [1.82, 2.24) is 15.1 Å². The highest BCUT2D eigenvalue weighted by Crippen LogP contribution is 2.26. The van der Waals surface area contributed by atoms with Gasteiger partial charge in [-0.3, -0.25) is 14.4 Å². The highest BCUT2D eigenvalue weighted by molar-refractivity contribution is 5.93. The average Bonchev–Trinajstić information content (AvgIpc) is 3.12. The molecule has 1 unspecified atom stereocenters. The number of hydrogen-bond donors (Lipinski definition) is 1. The van der Waals surface area contributed by atoms with E-state index in [1.54, 1.807) is 22.9 Å². The zero-order chi connectivity index (χ0) is 16.6. The maximum Gasteiger partial charge on any atom is 0.289 e. The van der Waals surface area contributed by atoms with Crippen molar-refractivity contribution in [2.45, 2.75) is 25.8 Å². The molecular weight excluding hydrogens is 298 g/mol. The van der Waals surface area contributed by atoms with E-state index >= 15 is 0 Å². The van der Waals surface area contributed by atoms with Crippen LogP contribution in [0.3, 0.4) is 0 Å². The highest BCUT2D eigenvalue weighted by atomic mass is 16.4. The van der Waals surface area contributed by atoms with E-state index in [-0.39, 0.29) is 36.1 Å². The lowest BCUT2D eigenvalue weighted by atomic mass is 10.1. The number of nitrogens with one attached hydrogen (secondary N) is 1. The molecule has 1 N–H and O–H groups in total. The fourth-order valence-electron chi connectivity index (χ4n) is 3.12. The van der Waals surface area contributed by atoms with Crippen molar-refractivity contribution in [3.8, 4) is 0 Å². The van der Waals surface area contributed by atoms with Crippen molar-refractivity contribution in [2.24, 2.45) is 5.92 Å². The number of rotatable bonds is 4. The normalized spacial score (nSPS) is 21.5. The lowest BCUT2D eigenvalue weighted by molar-refractivity contribution is -0.132. The first kappa shape index (κ1) is 15.6. The van der Waals surface area contributed by atoms with E-state index in [9.17, 15) is 14.4 Å². The molecule has 124 valence electrons. The van der Waals surface area contributed by atoms with E-state index < -0.39 is 0 Å². The summed E-state index contributed by atoms with van der Waals surface area (Å²) in [5.74, 6) is 0.590. The number of aryl methyl sites for hydroxylation is 1. The molecule has 2 fully saturated rings. The number of likely N-dealkylation sites (tertiary alicyclic amines) is 2. The molecule has 0 aromatic carbocycles. The van der Waals surface area contributed by atoms with E-state index in [1.165, 1.54) is 0 Å². The molecule has 1 atom stereocenters. The fourth-order valence-corrected chi connectivity index (χ4v) is 3.12. The minimum Gasteiger partial charge on any atom is -0.456 e. The molecule has 0 aliphatic carbocycles. The average molecular weight is 319 g/mol. The second kappa shape index (κ2) is 6.06. The first-order valence-electron chi connectivity index (χ1n) is 7.92. The summed E-state index contributed by atoms with van der Waals surface area (Å²) < 4.78 is 5.47. The Morgan fingerprint density at radius 3 is 2.65 bits per heavy atom. The Morgan fingerprint density at radius 1 is 1.30 bits per heavy atom. The first-order valence-corrected chi connectivity index (χ1v) is 7.92. The third-order valence-electron chi connectivity index (χ3n) is 4.59. The maximum absolute atomic E-state index is 12.3. The largest absolute Gasteiger partial charge is 0.456 e. The van der Waals surface area contributed by atoms with Crippen LogP contribution in [0.5, 0.6) is 0 Å². The third-order valence-corrected chi connectivity index (χ3v) is 4.59. The number of carbonyl (C=O) groups excluding carboxylic acids is 3. The van der Waals surface area contributed by atoms with E-state index in [0.717, 1.165) is 12.2 Å². The van der Waals surface area contributed by atoms with Crippen molar-refractivity contribution >= 4 is 17.7 Å². The molecule has 2 aliphatic heterocycles. The van der Waals surface area contributed by atoms with Gasteiger partial charge in [0.15, 0.2) is 5.76 Å². The van der Waals surface area contributed by atoms with Gasteiger partial charge in [-0.25, -0.2) is 0 Å². The Morgan fingerprint density at radius 2 is 2.04 bits per heavy atom. The molecule has 1 aromatic rings. The standard InChI is InChI=1S/C16H21N3O4/c1-3-12-4-5-13(23-12)16(22)18-8-11(9-18)19-7-10(6-14(19)20)15(21)17-2/h4-5,10-11H,3,6-9H2,1-2H3,(H,17,21). The van der Waals surface area contributed by atoms with E-state index in [0.29, 0.717) is 25.4 Å². The summed E-state index contributed by atoms with van der Waals surface area (Å²) in [7, 11) is 1.58. The fraction of sp³-hybridized carbons (Fsp3) is 0.562. The van der Waals surface area contributed by atoms with Crippen molar-refractivity contribution in [3.63, 3.8) is 0 Å². The Labute approximate surface area is 134 Å². The van der Waals surface area contributed by atoms with Crippen LogP contribution in [-0.2, 0) is 16.0 Å². The lowest BCUT2D eigenvalue weighted by Gasteiger charge is -2.43. The molecule has 0 saturated carbocycles. The van der Waals surface area contributed by atoms with Crippen LogP contribution in [0, 0.1) is 5.92 Å². The maximum atomic E-state index is 12.3. The van der Waals surface area contributed by atoms with Gasteiger partial charge >= 0.3 is 0 Å². The Bertz CT molecular complexity index is 633. The monoisotopic (exact) mass is 319 g/mol. The molecule has 0 radical (unpaired) electrons. The molecule has 7 heteroatoms. The molecule has 0 bridgehead atoms. The SMILES string of the molecule is CCc1ccc(C(=O)N2CC(N3CC(C(=O)NC)CC3=O)C2)o1. The molecule has 2 saturated heterocycles. The Balaban J connectivity index is 1.55. The van der Waals surface area contributed by atoms with Gasteiger partial charge in [0.1, 0.15) is 5.76 Å². The van der Waals surface area contributed by atoms with Crippen molar-refractivity contribution < 1.29 is 18.8 Å². The van der Waals surface area contributed by atoms with Gasteiger partial charge in [0.05, 0.1) is 12.0 Å². The smallest absolute Gasteiger partial charge is 0.289 e. The molecule has 1 aromatic heterocycles. The van der Waals surface area contributed by atoms with Crippen LogP contribution in [0.1, 0.15) is 29.7 Å². The van der Waals surface area contributed by atoms with Crippen molar-refractivity contribution in [1.29, 1.82) is 0 Å². The van der Waals surface area contributed by atoms with Crippen LogP contribution in [0.25, 0.3) is 0 Å². The molecule has 3 rings (SSSR count). The second-order valence-corrected chi connectivity index (χ2v) is 6.04. The van der Waals surface area contributed by atoms with E-state index in [4.69, 9.17) is 4.42 Å². The number of hydrogen-bond acceptors (Lipinski definition) is 4. The number of amides is 3. The van der Waals surface area contributed by atoms with E-state index in [2.05, 4.69) is 5.32 Å². The lowest BCUT2D eigenvalue weighted by Crippen LogP contribution is -2.61. The number of furan rings is 1. The van der Waals surface area contributed by atoms with Crippen LogP contribution in [0.2, 0.25) is 0 Å². The minimum atomic E-state index is -0.283. The number of carbonyl (C=O) groups is 3. The van der Waals surface area contributed by atoms with Gasteiger partial charge in [-0.2, -0.15) is 0 Å². The molecular formula is C16H21N3O4. The Hall–Kier alpha value is -2.31. The summed E-state index contributed by atoms with van der Waals surface area (Å²) in [4.78, 5) is 39.4. The molecule has 3 amide bonds. The van der Waals surface area contributed by atoms with Gasteiger partial charge in [0.25, 0.3) is 5.91 Å². The van der Waals surface area contributed by atoms with Gasteiger partial charge in [-0.1, -0.05) is 6.92 Å². The van der Waals surface area contributed by atoms with Gasteiger partial charge < -0.3 is 19.5 Å². The van der Waals surface area contributed by atoms with Gasteiger partial charge in [0, 0.05) is 39.5 Å². The van der Waals surface area contributed by atoms with Crippen LogP contribution in [0.15, 0.2) is 16.5 Å². The summed E-state index contributed by atoms with van der Waals surface area (Å²) in [5.41, 5.74) is 0. The topological polar surface area (TPSA) is 82.9 Å². The van der Waals surface area contributed by atoms with Crippen molar-refractivity contribution in [3.05, 3.63) is 23.7 Å². The minimum absolute atomic E-state index is 0.00159. The number of nitrogens with zero attached hydrogens (tertiary/aromatic N) is 2. The zero-order valence-corrected chi connectivity index (χ0v) is 13.4. The summed E-state index contributed by atoms with van der Waals surface area (Å²) in [5, 5.41) is 2.58. The van der Waals surface area contributed by atoms with Crippen LogP contribution in [-0.4, -0.2) is 60.2 Å². The van der Waals surface area contributed by atoms with Gasteiger partial charge in [-0.15, -0.1) is 0 Å². The third kappa shape index (κ3) is 2.83. The summed E-state index contributed by atoms with van der Waals surface area (Å²) in [6, 6.07) is 3.50. The molecule has 0 spiro atoms. The van der Waals surface area contributed by atoms with E-state index in [1.807, 2.05) is 13.0 Å². The zero-order valence-electron chi connectivity index (χ0n) is 13.4. The second-order valence-electron chi connectivity index (χ2n) is 6.04. The van der Waals surface area contributed by atoms with Crippen molar-refractivity contribution in [2.75, 3.05) is 26.7 Å². The summed E-state index contributed by atoms with van der Waals surface area (Å²) >= 11 is 0. The van der Waals surface area contributed by atoms with Gasteiger partial charge in [-0.05, 0) is 12.1 Å². The summed E-state index contributed by atoms with van der Waals surface area (Å²) in [6.45, 7) is 3.39. The molecule has 3 heterocycles. The molecule has 7 nitrogen and oxygen atoms in total. The summed E-state index contributed by atoms with van der Waals surface area (Å²) in [6.07, 6.45) is 1.00. The quantitative estimate of drug-likeness (QED) is 0.863. The van der Waals surface area contributed by atoms with Gasteiger partial charge in [0.2, 0.25) is 11.8 Å². The molecule has 23 heavy (non-hydrogen) atoms. The van der Waals surface area contributed by atoms with Crippen LogP contribution >= 0.6 is 0 Å².